The highest BCUT2D eigenvalue weighted by Crippen LogP contribution is 2.37. The highest BCUT2D eigenvalue weighted by molar-refractivity contribution is 6.30. The summed E-state index contributed by atoms with van der Waals surface area (Å²) in [5.41, 5.74) is 2.33. The van der Waals surface area contributed by atoms with Gasteiger partial charge in [-0.25, -0.2) is 9.69 Å². The maximum Gasteiger partial charge on any atom is 0.331 e. The Balaban J connectivity index is 1.55. The molecule has 0 spiro atoms. The summed E-state index contributed by atoms with van der Waals surface area (Å²) in [6.45, 7) is 5.15. The Morgan fingerprint density at radius 3 is 2.50 bits per heavy atom. The zero-order valence-electron chi connectivity index (χ0n) is 19.8. The molecule has 2 atom stereocenters. The molecular weight excluding hydrogens is 450 g/mol. The number of nitrogens with zero attached hydrogens (tertiary/aromatic N) is 2. The number of hydrogen-bond acceptors (Lipinski definition) is 3. The highest BCUT2D eigenvalue weighted by Gasteiger charge is 2.47. The maximum absolute atomic E-state index is 13.6. The number of hydrogen-bond donors (Lipinski definition) is 1. The van der Waals surface area contributed by atoms with Crippen LogP contribution in [0.4, 0.5) is 10.5 Å². The molecule has 180 valence electrons. The van der Waals surface area contributed by atoms with Crippen molar-refractivity contribution in [2.75, 3.05) is 11.4 Å². The van der Waals surface area contributed by atoms with Gasteiger partial charge in [-0.1, -0.05) is 62.6 Å². The van der Waals surface area contributed by atoms with E-state index < -0.39 is 0 Å². The van der Waals surface area contributed by atoms with Crippen LogP contribution < -0.4 is 10.2 Å². The van der Waals surface area contributed by atoms with Crippen molar-refractivity contribution in [2.45, 2.75) is 58.5 Å². The van der Waals surface area contributed by atoms with Gasteiger partial charge in [0.15, 0.2) is 0 Å². The summed E-state index contributed by atoms with van der Waals surface area (Å²) in [4.78, 5) is 42.4. The van der Waals surface area contributed by atoms with E-state index in [9.17, 15) is 14.4 Å². The van der Waals surface area contributed by atoms with Crippen molar-refractivity contribution < 1.29 is 14.4 Å². The van der Waals surface area contributed by atoms with Gasteiger partial charge in [0, 0.05) is 24.2 Å². The van der Waals surface area contributed by atoms with Gasteiger partial charge in [-0.05, 0) is 54.2 Å². The molecule has 7 heteroatoms. The molecule has 2 aromatic rings. The molecule has 6 nitrogen and oxygen atoms in total. The minimum atomic E-state index is -0.296. The van der Waals surface area contributed by atoms with Crippen molar-refractivity contribution in [3.63, 3.8) is 0 Å². The first-order valence-corrected chi connectivity index (χ1v) is 12.5. The molecule has 34 heavy (non-hydrogen) atoms. The lowest BCUT2D eigenvalue weighted by Gasteiger charge is -2.46. The van der Waals surface area contributed by atoms with Crippen LogP contribution in [0.15, 0.2) is 48.5 Å². The van der Waals surface area contributed by atoms with Gasteiger partial charge < -0.3 is 10.2 Å². The number of benzene rings is 2. The first kappa shape index (κ1) is 24.3. The predicted octanol–water partition coefficient (Wildman–Crippen LogP) is 5.18. The normalized spacial score (nSPS) is 20.5. The summed E-state index contributed by atoms with van der Waals surface area (Å²) in [6.07, 6.45) is 3.89. The average molecular weight is 482 g/mol. The lowest BCUT2D eigenvalue weighted by atomic mass is 9.81. The average Bonchev–Trinajstić information content (AvgIpc) is 2.82. The number of fused-ring (bicyclic) bond motifs is 1. The SMILES string of the molecule is CC(C)CNC(=O)Cc1ccc(N2C(=O)C3CCCCC3N(Cc3cccc(Cl)c3)C2=O)cc1. The first-order valence-electron chi connectivity index (χ1n) is 12.1. The van der Waals surface area contributed by atoms with E-state index in [1.54, 1.807) is 12.1 Å². The van der Waals surface area contributed by atoms with Crippen molar-refractivity contribution in [1.82, 2.24) is 10.2 Å². The van der Waals surface area contributed by atoms with E-state index in [1.165, 1.54) is 4.90 Å². The molecular formula is C27H32ClN3O3. The summed E-state index contributed by atoms with van der Waals surface area (Å²) >= 11 is 6.17. The maximum atomic E-state index is 13.6. The van der Waals surface area contributed by atoms with Crippen molar-refractivity contribution in [3.05, 3.63) is 64.7 Å². The second-order valence-electron chi connectivity index (χ2n) is 9.71. The Labute approximate surface area is 206 Å². The summed E-state index contributed by atoms with van der Waals surface area (Å²) in [6, 6.07) is 14.3. The van der Waals surface area contributed by atoms with E-state index >= 15 is 0 Å². The summed E-state index contributed by atoms with van der Waals surface area (Å²) in [5.74, 6) is 0.0248. The third-order valence-electron chi connectivity index (χ3n) is 6.61. The molecule has 2 unspecified atom stereocenters. The van der Waals surface area contributed by atoms with E-state index in [2.05, 4.69) is 5.32 Å². The minimum absolute atomic E-state index is 0.0377. The fraction of sp³-hybridized carbons (Fsp3) is 0.444. The fourth-order valence-electron chi connectivity index (χ4n) is 4.89. The summed E-state index contributed by atoms with van der Waals surface area (Å²) in [7, 11) is 0. The molecule has 0 bridgehead atoms. The van der Waals surface area contributed by atoms with Crippen LogP contribution in [0.1, 0.15) is 50.7 Å². The number of urea groups is 1. The van der Waals surface area contributed by atoms with Gasteiger partial charge in [0.05, 0.1) is 18.0 Å². The molecule has 4 rings (SSSR count). The molecule has 1 aliphatic heterocycles. The van der Waals surface area contributed by atoms with E-state index in [4.69, 9.17) is 11.6 Å². The number of amides is 4. The van der Waals surface area contributed by atoms with Crippen molar-refractivity contribution >= 4 is 35.1 Å². The van der Waals surface area contributed by atoms with Crippen LogP contribution >= 0.6 is 11.6 Å². The summed E-state index contributed by atoms with van der Waals surface area (Å²) < 4.78 is 0. The Hall–Kier alpha value is -2.86. The lowest BCUT2D eigenvalue weighted by Crippen LogP contribution is -2.62. The number of halogens is 1. The van der Waals surface area contributed by atoms with Gasteiger partial charge >= 0.3 is 6.03 Å². The molecule has 4 amide bonds. The van der Waals surface area contributed by atoms with Gasteiger partial charge in [-0.15, -0.1) is 0 Å². The van der Waals surface area contributed by atoms with E-state index in [0.29, 0.717) is 29.7 Å². The topological polar surface area (TPSA) is 69.7 Å². The van der Waals surface area contributed by atoms with Gasteiger partial charge in [0.1, 0.15) is 0 Å². The summed E-state index contributed by atoms with van der Waals surface area (Å²) in [5, 5.41) is 3.54. The third kappa shape index (κ3) is 5.44. The number of rotatable bonds is 7. The third-order valence-corrected chi connectivity index (χ3v) is 6.85. The Morgan fingerprint density at radius 2 is 1.79 bits per heavy atom. The second-order valence-corrected chi connectivity index (χ2v) is 10.1. The van der Waals surface area contributed by atoms with Crippen molar-refractivity contribution in [2.24, 2.45) is 11.8 Å². The Kier molecular flexibility index (Phi) is 7.57. The number of nitrogens with one attached hydrogen (secondary N) is 1. The van der Waals surface area contributed by atoms with Gasteiger partial charge in [-0.2, -0.15) is 0 Å². The monoisotopic (exact) mass is 481 g/mol. The van der Waals surface area contributed by atoms with Gasteiger partial charge in [-0.3, -0.25) is 9.59 Å². The molecule has 2 aliphatic rings. The number of carbonyl (C=O) groups is 3. The Bertz CT molecular complexity index is 1050. The molecule has 1 N–H and O–H groups in total. The number of anilines is 1. The largest absolute Gasteiger partial charge is 0.356 e. The van der Waals surface area contributed by atoms with Crippen molar-refractivity contribution in [3.8, 4) is 0 Å². The standard InChI is InChI=1S/C27H32ClN3O3/c1-18(2)16-29-25(32)15-19-10-12-22(13-11-19)31-26(33)23-8-3-4-9-24(23)30(27(31)34)17-20-6-5-7-21(28)14-20/h5-7,10-14,18,23-24H,3-4,8-9,15-17H2,1-2H3,(H,29,32). The van der Waals surface area contributed by atoms with E-state index in [-0.39, 0.29) is 36.2 Å². The number of carbonyl (C=O) groups excluding carboxylic acids is 3. The predicted molar refractivity (Wildman–Crippen MR) is 134 cm³/mol. The van der Waals surface area contributed by atoms with Crippen LogP contribution in [0.3, 0.4) is 0 Å². The van der Waals surface area contributed by atoms with Gasteiger partial charge in [0.2, 0.25) is 11.8 Å². The molecule has 2 aromatic carbocycles. The first-order chi connectivity index (χ1) is 16.3. The fourth-order valence-corrected chi connectivity index (χ4v) is 5.10. The molecule has 0 aromatic heterocycles. The minimum Gasteiger partial charge on any atom is -0.356 e. The zero-order valence-corrected chi connectivity index (χ0v) is 20.6. The van der Waals surface area contributed by atoms with Crippen LogP contribution in [-0.4, -0.2) is 35.3 Å². The molecule has 1 aliphatic carbocycles. The van der Waals surface area contributed by atoms with Crippen LogP contribution in [-0.2, 0) is 22.6 Å². The molecule has 1 saturated carbocycles. The van der Waals surface area contributed by atoms with E-state index in [0.717, 1.165) is 36.8 Å². The lowest BCUT2D eigenvalue weighted by molar-refractivity contribution is -0.127. The Morgan fingerprint density at radius 1 is 1.06 bits per heavy atom. The van der Waals surface area contributed by atoms with Crippen LogP contribution in [0.5, 0.6) is 0 Å². The second kappa shape index (κ2) is 10.6. The number of imide groups is 1. The van der Waals surface area contributed by atoms with Crippen LogP contribution in [0.2, 0.25) is 5.02 Å². The smallest absolute Gasteiger partial charge is 0.331 e. The highest BCUT2D eigenvalue weighted by atomic mass is 35.5. The zero-order chi connectivity index (χ0) is 24.2. The quantitative estimate of drug-likeness (QED) is 0.592. The molecule has 1 heterocycles. The van der Waals surface area contributed by atoms with Crippen LogP contribution in [0.25, 0.3) is 0 Å². The molecule has 0 radical (unpaired) electrons. The van der Waals surface area contributed by atoms with Crippen LogP contribution in [0, 0.1) is 11.8 Å². The van der Waals surface area contributed by atoms with E-state index in [1.807, 2.05) is 55.1 Å². The molecule has 1 saturated heterocycles. The van der Waals surface area contributed by atoms with Crippen molar-refractivity contribution in [1.29, 1.82) is 0 Å². The van der Waals surface area contributed by atoms with Gasteiger partial charge in [0.25, 0.3) is 0 Å². The molecule has 2 fully saturated rings.